The Bertz CT molecular complexity index is 640. The summed E-state index contributed by atoms with van der Waals surface area (Å²) in [5.74, 6) is -0.210. The number of pyridine rings is 1. The topological polar surface area (TPSA) is 42.0 Å². The predicted molar refractivity (Wildman–Crippen MR) is 81.0 cm³/mol. The lowest BCUT2D eigenvalue weighted by Crippen LogP contribution is -2.27. The molecule has 0 saturated carbocycles. The lowest BCUT2D eigenvalue weighted by Gasteiger charge is -2.17. The summed E-state index contributed by atoms with van der Waals surface area (Å²) in [5.41, 5.74) is 3.43. The molecule has 2 rings (SSSR count). The van der Waals surface area contributed by atoms with Crippen LogP contribution in [0, 0.1) is 13.8 Å². The Morgan fingerprint density at radius 1 is 1.30 bits per heavy atom. The van der Waals surface area contributed by atoms with E-state index in [1.807, 2.05) is 45.0 Å². The lowest BCUT2D eigenvalue weighted by atomic mass is 10.0. The fourth-order valence-electron chi connectivity index (χ4n) is 2.12. The van der Waals surface area contributed by atoms with Crippen LogP contribution in [-0.4, -0.2) is 10.9 Å². The lowest BCUT2D eigenvalue weighted by molar-refractivity contribution is 0.0939. The van der Waals surface area contributed by atoms with Crippen molar-refractivity contribution in [3.63, 3.8) is 0 Å². The van der Waals surface area contributed by atoms with Gasteiger partial charge in [0, 0.05) is 11.9 Å². The zero-order valence-electron chi connectivity index (χ0n) is 11.8. The van der Waals surface area contributed by atoms with Crippen LogP contribution >= 0.6 is 11.6 Å². The van der Waals surface area contributed by atoms with Crippen molar-refractivity contribution in [2.45, 2.75) is 26.8 Å². The van der Waals surface area contributed by atoms with Crippen LogP contribution in [0.2, 0.25) is 5.02 Å². The van der Waals surface area contributed by atoms with E-state index in [9.17, 15) is 4.79 Å². The smallest absolute Gasteiger partial charge is 0.254 e. The molecular formula is C16H17ClN2O. The van der Waals surface area contributed by atoms with Gasteiger partial charge in [0.15, 0.2) is 0 Å². The number of carbonyl (C=O) groups excluding carboxylic acids is 1. The summed E-state index contributed by atoms with van der Waals surface area (Å²) in [6, 6.07) is 9.59. The molecule has 1 atom stereocenters. The van der Waals surface area contributed by atoms with Crippen LogP contribution in [0.1, 0.15) is 40.1 Å². The van der Waals surface area contributed by atoms with Gasteiger partial charge in [-0.05, 0) is 38.0 Å². The molecule has 0 aliphatic rings. The van der Waals surface area contributed by atoms with Gasteiger partial charge in [0.25, 0.3) is 5.91 Å². The van der Waals surface area contributed by atoms with Crippen LogP contribution in [0.15, 0.2) is 36.5 Å². The second-order valence-corrected chi connectivity index (χ2v) is 5.26. The van der Waals surface area contributed by atoms with Gasteiger partial charge < -0.3 is 5.32 Å². The van der Waals surface area contributed by atoms with Crippen LogP contribution in [0.25, 0.3) is 0 Å². The molecule has 0 saturated heterocycles. The van der Waals surface area contributed by atoms with E-state index in [-0.39, 0.29) is 11.9 Å². The number of aromatic nitrogens is 1. The molecule has 3 nitrogen and oxygen atoms in total. The van der Waals surface area contributed by atoms with E-state index in [0.29, 0.717) is 10.6 Å². The molecule has 4 heteroatoms. The first-order chi connectivity index (χ1) is 9.49. The van der Waals surface area contributed by atoms with E-state index in [2.05, 4.69) is 10.3 Å². The first kappa shape index (κ1) is 14.5. The number of hydrogen-bond donors (Lipinski definition) is 1. The number of carbonyl (C=O) groups is 1. The van der Waals surface area contributed by atoms with Crippen LogP contribution < -0.4 is 5.32 Å². The summed E-state index contributed by atoms with van der Waals surface area (Å²) in [4.78, 5) is 16.3. The van der Waals surface area contributed by atoms with Gasteiger partial charge in [0.2, 0.25) is 0 Å². The number of amides is 1. The summed E-state index contributed by atoms with van der Waals surface area (Å²) >= 11 is 6.08. The molecule has 1 aromatic carbocycles. The monoisotopic (exact) mass is 288 g/mol. The number of benzene rings is 1. The SMILES string of the molecule is Cc1cc(Cl)c(C(=O)NC(C)c2ccccc2C)cn1. The maximum Gasteiger partial charge on any atom is 0.254 e. The van der Waals surface area contributed by atoms with Crippen molar-refractivity contribution in [3.05, 3.63) is 63.9 Å². The number of nitrogens with zero attached hydrogens (tertiary/aromatic N) is 1. The summed E-state index contributed by atoms with van der Waals surface area (Å²) < 4.78 is 0. The second-order valence-electron chi connectivity index (χ2n) is 4.86. The maximum absolute atomic E-state index is 12.2. The van der Waals surface area contributed by atoms with Crippen LogP contribution in [-0.2, 0) is 0 Å². The van der Waals surface area contributed by atoms with E-state index in [0.717, 1.165) is 16.8 Å². The summed E-state index contributed by atoms with van der Waals surface area (Å²) in [6.07, 6.45) is 1.51. The summed E-state index contributed by atoms with van der Waals surface area (Å²) in [7, 11) is 0. The summed E-state index contributed by atoms with van der Waals surface area (Å²) in [6.45, 7) is 5.82. The minimum atomic E-state index is -0.210. The van der Waals surface area contributed by atoms with E-state index >= 15 is 0 Å². The van der Waals surface area contributed by atoms with Crippen molar-refractivity contribution < 1.29 is 4.79 Å². The molecule has 0 fully saturated rings. The molecule has 0 bridgehead atoms. The highest BCUT2D eigenvalue weighted by Gasteiger charge is 2.15. The highest BCUT2D eigenvalue weighted by molar-refractivity contribution is 6.33. The van der Waals surface area contributed by atoms with E-state index < -0.39 is 0 Å². The predicted octanol–water partition coefficient (Wildman–Crippen LogP) is 3.84. The second kappa shape index (κ2) is 6.06. The molecule has 1 heterocycles. The largest absolute Gasteiger partial charge is 0.345 e. The van der Waals surface area contributed by atoms with Crippen molar-refractivity contribution in [3.8, 4) is 0 Å². The first-order valence-corrected chi connectivity index (χ1v) is 6.85. The molecular weight excluding hydrogens is 272 g/mol. The fourth-order valence-corrected chi connectivity index (χ4v) is 2.41. The minimum absolute atomic E-state index is 0.0823. The van der Waals surface area contributed by atoms with Gasteiger partial charge in [-0.1, -0.05) is 35.9 Å². The third-order valence-corrected chi connectivity index (χ3v) is 3.55. The number of nitrogens with one attached hydrogen (secondary N) is 1. The number of hydrogen-bond acceptors (Lipinski definition) is 2. The van der Waals surface area contributed by atoms with Crippen molar-refractivity contribution in [2.24, 2.45) is 0 Å². The molecule has 0 spiro atoms. The highest BCUT2D eigenvalue weighted by Crippen LogP contribution is 2.20. The molecule has 1 amide bonds. The third-order valence-electron chi connectivity index (χ3n) is 3.24. The van der Waals surface area contributed by atoms with Gasteiger partial charge in [-0.15, -0.1) is 0 Å². The van der Waals surface area contributed by atoms with Gasteiger partial charge in [-0.3, -0.25) is 9.78 Å². The molecule has 0 aliphatic carbocycles. The standard InChI is InChI=1S/C16H17ClN2O/c1-10-6-4-5-7-13(10)12(3)19-16(20)14-9-18-11(2)8-15(14)17/h4-9,12H,1-3H3,(H,19,20). The van der Waals surface area contributed by atoms with Crippen LogP contribution in [0.3, 0.4) is 0 Å². The normalized spacial score (nSPS) is 12.0. The number of halogens is 1. The third kappa shape index (κ3) is 3.17. The Kier molecular flexibility index (Phi) is 4.40. The molecule has 2 aromatic rings. The van der Waals surface area contributed by atoms with Crippen LogP contribution in [0.4, 0.5) is 0 Å². The molecule has 1 unspecified atom stereocenters. The quantitative estimate of drug-likeness (QED) is 0.932. The molecule has 0 radical (unpaired) electrons. The number of aryl methyl sites for hydroxylation is 2. The van der Waals surface area contributed by atoms with Crippen molar-refractivity contribution >= 4 is 17.5 Å². The minimum Gasteiger partial charge on any atom is -0.345 e. The Morgan fingerprint density at radius 3 is 2.65 bits per heavy atom. The highest BCUT2D eigenvalue weighted by atomic mass is 35.5. The van der Waals surface area contributed by atoms with Crippen molar-refractivity contribution in [1.29, 1.82) is 0 Å². The molecule has 20 heavy (non-hydrogen) atoms. The Morgan fingerprint density at radius 2 is 2.00 bits per heavy atom. The van der Waals surface area contributed by atoms with Gasteiger partial charge in [-0.25, -0.2) is 0 Å². The van der Waals surface area contributed by atoms with Gasteiger partial charge in [-0.2, -0.15) is 0 Å². The number of rotatable bonds is 3. The van der Waals surface area contributed by atoms with E-state index in [1.165, 1.54) is 6.20 Å². The van der Waals surface area contributed by atoms with E-state index in [1.54, 1.807) is 6.07 Å². The average molecular weight is 289 g/mol. The Hall–Kier alpha value is -1.87. The molecule has 1 N–H and O–H groups in total. The first-order valence-electron chi connectivity index (χ1n) is 6.47. The van der Waals surface area contributed by atoms with E-state index in [4.69, 9.17) is 11.6 Å². The average Bonchev–Trinajstić information content (AvgIpc) is 2.38. The molecule has 1 aromatic heterocycles. The molecule has 0 aliphatic heterocycles. The van der Waals surface area contributed by atoms with Crippen LogP contribution in [0.5, 0.6) is 0 Å². The zero-order valence-corrected chi connectivity index (χ0v) is 12.5. The maximum atomic E-state index is 12.2. The summed E-state index contributed by atoms with van der Waals surface area (Å²) in [5, 5.41) is 3.37. The van der Waals surface area contributed by atoms with Gasteiger partial charge in [0.05, 0.1) is 16.6 Å². The van der Waals surface area contributed by atoms with Gasteiger partial charge >= 0.3 is 0 Å². The van der Waals surface area contributed by atoms with Crippen molar-refractivity contribution in [1.82, 2.24) is 10.3 Å². The van der Waals surface area contributed by atoms with Crippen molar-refractivity contribution in [2.75, 3.05) is 0 Å². The Balaban J connectivity index is 2.17. The Labute approximate surface area is 124 Å². The molecule has 104 valence electrons. The fraction of sp³-hybridized carbons (Fsp3) is 0.250. The zero-order chi connectivity index (χ0) is 14.7. The van der Waals surface area contributed by atoms with Gasteiger partial charge in [0.1, 0.15) is 0 Å².